The zero-order chi connectivity index (χ0) is 8.55. The molecule has 0 amide bonds. The fourth-order valence-corrected chi connectivity index (χ4v) is 1.48. The van der Waals surface area contributed by atoms with Gasteiger partial charge in [0, 0.05) is 28.4 Å². The number of H-pyrrole nitrogens is 1. The lowest BCUT2D eigenvalue weighted by Gasteiger charge is -1.88. The van der Waals surface area contributed by atoms with E-state index in [9.17, 15) is 0 Å². The summed E-state index contributed by atoms with van der Waals surface area (Å²) in [7, 11) is 0. The average Bonchev–Trinajstić information content (AvgIpc) is 2.40. The SMILES string of the molecule is Cc1[nH]c2ccccc2c1C=N. The molecule has 1 heterocycles. The second-order valence-electron chi connectivity index (χ2n) is 2.85. The van der Waals surface area contributed by atoms with E-state index in [0.29, 0.717) is 0 Å². The zero-order valence-corrected chi connectivity index (χ0v) is 6.89. The van der Waals surface area contributed by atoms with Gasteiger partial charge in [-0.05, 0) is 13.0 Å². The standard InChI is InChI=1S/C10H10N2/c1-7-9(6-11)8-4-2-3-5-10(8)12-7/h2-6,11-12H,1H3. The monoisotopic (exact) mass is 158 g/mol. The van der Waals surface area contributed by atoms with Crippen LogP contribution in [0.2, 0.25) is 0 Å². The second kappa shape index (κ2) is 2.48. The molecule has 0 aliphatic heterocycles. The van der Waals surface area contributed by atoms with Crippen molar-refractivity contribution in [3.8, 4) is 0 Å². The van der Waals surface area contributed by atoms with E-state index in [2.05, 4.69) is 4.98 Å². The smallest absolute Gasteiger partial charge is 0.0462 e. The molecule has 0 fully saturated rings. The van der Waals surface area contributed by atoms with Crippen LogP contribution in [-0.4, -0.2) is 11.2 Å². The van der Waals surface area contributed by atoms with Crippen molar-refractivity contribution in [2.45, 2.75) is 6.92 Å². The summed E-state index contributed by atoms with van der Waals surface area (Å²) in [6, 6.07) is 8.03. The molecule has 2 N–H and O–H groups in total. The van der Waals surface area contributed by atoms with E-state index in [1.807, 2.05) is 31.2 Å². The van der Waals surface area contributed by atoms with E-state index in [-0.39, 0.29) is 0 Å². The van der Waals surface area contributed by atoms with E-state index in [4.69, 9.17) is 5.41 Å². The van der Waals surface area contributed by atoms with Crippen LogP contribution < -0.4 is 0 Å². The third-order valence-corrected chi connectivity index (χ3v) is 2.09. The van der Waals surface area contributed by atoms with Gasteiger partial charge in [0.05, 0.1) is 0 Å². The maximum absolute atomic E-state index is 7.24. The van der Waals surface area contributed by atoms with Crippen LogP contribution in [0.3, 0.4) is 0 Å². The molecule has 0 saturated heterocycles. The van der Waals surface area contributed by atoms with Crippen molar-refractivity contribution in [3.05, 3.63) is 35.5 Å². The Kier molecular flexibility index (Phi) is 1.47. The number of hydrogen-bond donors (Lipinski definition) is 2. The number of hydrogen-bond acceptors (Lipinski definition) is 1. The first kappa shape index (κ1) is 7.10. The summed E-state index contributed by atoms with van der Waals surface area (Å²) >= 11 is 0. The molecule has 2 nitrogen and oxygen atoms in total. The molecule has 1 aromatic carbocycles. The molecule has 2 heteroatoms. The third kappa shape index (κ3) is 0.848. The quantitative estimate of drug-likeness (QED) is 0.598. The number of benzene rings is 1. The van der Waals surface area contributed by atoms with Crippen LogP contribution in [0.5, 0.6) is 0 Å². The van der Waals surface area contributed by atoms with Crippen molar-refractivity contribution in [1.82, 2.24) is 4.98 Å². The summed E-state index contributed by atoms with van der Waals surface area (Å²) in [5.41, 5.74) is 3.16. The summed E-state index contributed by atoms with van der Waals surface area (Å²) in [6.45, 7) is 1.99. The lowest BCUT2D eigenvalue weighted by molar-refractivity contribution is 1.29. The lowest BCUT2D eigenvalue weighted by Crippen LogP contribution is -1.79. The van der Waals surface area contributed by atoms with Gasteiger partial charge in [-0.15, -0.1) is 0 Å². The highest BCUT2D eigenvalue weighted by molar-refractivity contribution is 5.99. The van der Waals surface area contributed by atoms with Crippen LogP contribution in [0, 0.1) is 12.3 Å². The molecule has 0 bridgehead atoms. The zero-order valence-electron chi connectivity index (χ0n) is 6.89. The highest BCUT2D eigenvalue weighted by Crippen LogP contribution is 2.19. The molecule has 0 aliphatic carbocycles. The molecular weight excluding hydrogens is 148 g/mol. The first-order chi connectivity index (χ1) is 5.83. The van der Waals surface area contributed by atoms with Gasteiger partial charge in [-0.25, -0.2) is 0 Å². The van der Waals surface area contributed by atoms with Crippen LogP contribution in [0.4, 0.5) is 0 Å². The number of rotatable bonds is 1. The van der Waals surface area contributed by atoms with Crippen molar-refractivity contribution in [2.24, 2.45) is 0 Å². The van der Waals surface area contributed by atoms with E-state index in [1.165, 1.54) is 6.21 Å². The molecule has 1 aromatic heterocycles. The Morgan fingerprint density at radius 2 is 2.08 bits per heavy atom. The Morgan fingerprint density at radius 3 is 2.83 bits per heavy atom. The molecule has 2 rings (SSSR count). The van der Waals surface area contributed by atoms with Gasteiger partial charge in [0.1, 0.15) is 0 Å². The molecule has 0 radical (unpaired) electrons. The molecule has 0 spiro atoms. The van der Waals surface area contributed by atoms with Crippen molar-refractivity contribution < 1.29 is 0 Å². The molecule has 0 saturated carbocycles. The largest absolute Gasteiger partial charge is 0.358 e. The minimum absolute atomic E-state index is 0.991. The van der Waals surface area contributed by atoms with Crippen LogP contribution in [0.15, 0.2) is 24.3 Å². The first-order valence-electron chi connectivity index (χ1n) is 3.90. The second-order valence-corrected chi connectivity index (χ2v) is 2.85. The number of aryl methyl sites for hydroxylation is 1. The van der Waals surface area contributed by atoms with Crippen molar-refractivity contribution >= 4 is 17.1 Å². The highest BCUT2D eigenvalue weighted by atomic mass is 14.7. The van der Waals surface area contributed by atoms with E-state index >= 15 is 0 Å². The van der Waals surface area contributed by atoms with E-state index in [1.54, 1.807) is 0 Å². The molecule has 60 valence electrons. The first-order valence-corrected chi connectivity index (χ1v) is 3.90. The van der Waals surface area contributed by atoms with Gasteiger partial charge < -0.3 is 10.4 Å². The van der Waals surface area contributed by atoms with Crippen molar-refractivity contribution in [2.75, 3.05) is 0 Å². The topological polar surface area (TPSA) is 39.6 Å². The fourth-order valence-electron chi connectivity index (χ4n) is 1.48. The minimum atomic E-state index is 0.991. The Labute approximate surface area is 70.7 Å². The normalized spacial score (nSPS) is 10.4. The highest BCUT2D eigenvalue weighted by Gasteiger charge is 2.03. The molecule has 12 heavy (non-hydrogen) atoms. The summed E-state index contributed by atoms with van der Waals surface area (Å²) in [6.07, 6.45) is 1.40. The van der Waals surface area contributed by atoms with Gasteiger partial charge in [0.2, 0.25) is 0 Å². The number of para-hydroxylation sites is 1. The lowest BCUT2D eigenvalue weighted by atomic mass is 10.1. The summed E-state index contributed by atoms with van der Waals surface area (Å²) in [4.78, 5) is 3.23. The third-order valence-electron chi connectivity index (χ3n) is 2.09. The fraction of sp³-hybridized carbons (Fsp3) is 0.100. The molecule has 0 unspecified atom stereocenters. The minimum Gasteiger partial charge on any atom is -0.358 e. The number of fused-ring (bicyclic) bond motifs is 1. The molecule has 0 atom stereocenters. The number of aromatic amines is 1. The van der Waals surface area contributed by atoms with E-state index < -0.39 is 0 Å². The van der Waals surface area contributed by atoms with Gasteiger partial charge in [-0.2, -0.15) is 0 Å². The van der Waals surface area contributed by atoms with Gasteiger partial charge >= 0.3 is 0 Å². The Bertz CT molecular complexity index is 426. The number of nitrogens with one attached hydrogen (secondary N) is 2. The maximum atomic E-state index is 7.24. The maximum Gasteiger partial charge on any atom is 0.0462 e. The summed E-state index contributed by atoms with van der Waals surface area (Å²) in [5, 5.41) is 8.37. The average molecular weight is 158 g/mol. The van der Waals surface area contributed by atoms with Gasteiger partial charge in [0.15, 0.2) is 0 Å². The Morgan fingerprint density at radius 1 is 1.33 bits per heavy atom. The van der Waals surface area contributed by atoms with E-state index in [0.717, 1.165) is 22.2 Å². The predicted molar refractivity (Wildman–Crippen MR) is 50.9 cm³/mol. The predicted octanol–water partition coefficient (Wildman–Crippen LogP) is 2.47. The summed E-state index contributed by atoms with van der Waals surface area (Å²) in [5.74, 6) is 0. The summed E-state index contributed by atoms with van der Waals surface area (Å²) < 4.78 is 0. The van der Waals surface area contributed by atoms with Gasteiger partial charge in [-0.1, -0.05) is 18.2 Å². The van der Waals surface area contributed by atoms with Gasteiger partial charge in [0.25, 0.3) is 0 Å². The van der Waals surface area contributed by atoms with Crippen LogP contribution in [0.1, 0.15) is 11.3 Å². The van der Waals surface area contributed by atoms with Crippen LogP contribution in [0.25, 0.3) is 10.9 Å². The molecular formula is C10H10N2. The Balaban J connectivity index is 2.90. The van der Waals surface area contributed by atoms with Crippen molar-refractivity contribution in [3.63, 3.8) is 0 Å². The Hall–Kier alpha value is -1.57. The van der Waals surface area contributed by atoms with Crippen LogP contribution in [-0.2, 0) is 0 Å². The molecule has 0 aliphatic rings. The number of aromatic nitrogens is 1. The van der Waals surface area contributed by atoms with Crippen LogP contribution >= 0.6 is 0 Å². The molecule has 2 aromatic rings. The van der Waals surface area contributed by atoms with Crippen molar-refractivity contribution in [1.29, 1.82) is 5.41 Å². The van der Waals surface area contributed by atoms with Gasteiger partial charge in [-0.3, -0.25) is 0 Å².